The number of thiazole rings is 1. The van der Waals surface area contributed by atoms with Crippen molar-refractivity contribution in [1.29, 1.82) is 0 Å². The smallest absolute Gasteiger partial charge is 0.187 e. The number of hydrogen-bond acceptors (Lipinski definition) is 5. The third-order valence-electron chi connectivity index (χ3n) is 3.18. The molecule has 5 heteroatoms. The molecular formula is C16H17N3OS. The lowest BCUT2D eigenvalue weighted by Gasteiger charge is -2.10. The van der Waals surface area contributed by atoms with Gasteiger partial charge in [-0.15, -0.1) is 11.3 Å². The minimum atomic E-state index is 0.281. The van der Waals surface area contributed by atoms with E-state index in [-0.39, 0.29) is 5.92 Å². The number of allylic oxidation sites excluding steroid dienone is 1. The summed E-state index contributed by atoms with van der Waals surface area (Å²) in [6, 6.07) is 7.90. The van der Waals surface area contributed by atoms with Crippen molar-refractivity contribution in [1.82, 2.24) is 4.98 Å². The van der Waals surface area contributed by atoms with Crippen molar-refractivity contribution in [2.45, 2.75) is 19.3 Å². The van der Waals surface area contributed by atoms with Gasteiger partial charge in [-0.25, -0.2) is 4.98 Å². The maximum atomic E-state index is 5.62. The van der Waals surface area contributed by atoms with E-state index >= 15 is 0 Å². The van der Waals surface area contributed by atoms with Gasteiger partial charge in [0.15, 0.2) is 5.13 Å². The number of aromatic nitrogens is 1. The van der Waals surface area contributed by atoms with Crippen LogP contribution in [0.2, 0.25) is 0 Å². The summed E-state index contributed by atoms with van der Waals surface area (Å²) in [6.45, 7) is 2.63. The molecule has 0 aliphatic carbocycles. The first-order valence-corrected chi connectivity index (χ1v) is 7.87. The molecule has 0 fully saturated rings. The summed E-state index contributed by atoms with van der Waals surface area (Å²) in [6.07, 6.45) is 6.82. The maximum absolute atomic E-state index is 5.62. The molecule has 0 bridgehead atoms. The molecule has 1 atom stereocenters. The van der Waals surface area contributed by atoms with E-state index in [0.29, 0.717) is 6.61 Å². The van der Waals surface area contributed by atoms with Gasteiger partial charge in [0.25, 0.3) is 0 Å². The average molecular weight is 299 g/mol. The SMILES string of the molecule is CCOc1ccccc1Nc1nc(C2C=NC=CC2)cs1. The molecule has 1 aromatic heterocycles. The molecule has 4 nitrogen and oxygen atoms in total. The monoisotopic (exact) mass is 299 g/mol. The van der Waals surface area contributed by atoms with Crippen LogP contribution in [0.3, 0.4) is 0 Å². The maximum Gasteiger partial charge on any atom is 0.187 e. The summed E-state index contributed by atoms with van der Waals surface area (Å²) in [5.74, 6) is 1.13. The van der Waals surface area contributed by atoms with E-state index in [1.807, 2.05) is 43.6 Å². The summed E-state index contributed by atoms with van der Waals surface area (Å²) in [5, 5.41) is 6.30. The Morgan fingerprint density at radius 2 is 2.29 bits per heavy atom. The van der Waals surface area contributed by atoms with Gasteiger partial charge in [0, 0.05) is 23.7 Å². The highest BCUT2D eigenvalue weighted by molar-refractivity contribution is 7.13. The Bertz CT molecular complexity index is 663. The average Bonchev–Trinajstić information content (AvgIpc) is 2.99. The summed E-state index contributed by atoms with van der Waals surface area (Å²) in [4.78, 5) is 8.84. The number of hydrogen-bond donors (Lipinski definition) is 1. The predicted octanol–water partition coefficient (Wildman–Crippen LogP) is 4.36. The molecule has 1 aliphatic heterocycles. The van der Waals surface area contributed by atoms with E-state index in [1.165, 1.54) is 0 Å². The van der Waals surface area contributed by atoms with Crippen LogP contribution in [0, 0.1) is 0 Å². The third-order valence-corrected chi connectivity index (χ3v) is 3.95. The molecule has 0 saturated heterocycles. The van der Waals surface area contributed by atoms with Crippen LogP contribution < -0.4 is 10.1 Å². The number of rotatable bonds is 5. The van der Waals surface area contributed by atoms with Crippen molar-refractivity contribution in [2.24, 2.45) is 4.99 Å². The molecule has 1 aliphatic rings. The zero-order chi connectivity index (χ0) is 14.5. The normalized spacial score (nSPS) is 16.9. The summed E-state index contributed by atoms with van der Waals surface area (Å²) >= 11 is 1.60. The number of aliphatic imine (C=N–C) groups is 1. The predicted molar refractivity (Wildman–Crippen MR) is 88.0 cm³/mol. The van der Waals surface area contributed by atoms with Crippen molar-refractivity contribution in [2.75, 3.05) is 11.9 Å². The van der Waals surface area contributed by atoms with E-state index in [1.54, 1.807) is 11.3 Å². The van der Waals surface area contributed by atoms with Gasteiger partial charge in [0.1, 0.15) is 5.75 Å². The molecular weight excluding hydrogens is 282 g/mol. The lowest BCUT2D eigenvalue weighted by Crippen LogP contribution is -2.02. The van der Waals surface area contributed by atoms with Gasteiger partial charge in [0.2, 0.25) is 0 Å². The second kappa shape index (κ2) is 6.54. The summed E-state index contributed by atoms with van der Waals surface area (Å²) in [5.41, 5.74) is 2.00. The highest BCUT2D eigenvalue weighted by Crippen LogP contribution is 2.31. The molecule has 3 rings (SSSR count). The minimum Gasteiger partial charge on any atom is -0.492 e. The van der Waals surface area contributed by atoms with Crippen LogP contribution in [-0.2, 0) is 0 Å². The van der Waals surface area contributed by atoms with Crippen molar-refractivity contribution < 1.29 is 4.74 Å². The first-order chi connectivity index (χ1) is 10.4. The fraction of sp³-hybridized carbons (Fsp3) is 0.250. The molecule has 0 radical (unpaired) electrons. The van der Waals surface area contributed by atoms with E-state index in [9.17, 15) is 0 Å². The molecule has 108 valence electrons. The Balaban J connectivity index is 1.75. The number of anilines is 2. The molecule has 0 amide bonds. The van der Waals surface area contributed by atoms with Gasteiger partial charge in [-0.2, -0.15) is 0 Å². The van der Waals surface area contributed by atoms with Gasteiger partial charge in [-0.05, 0) is 25.5 Å². The first kappa shape index (κ1) is 13.8. The van der Waals surface area contributed by atoms with Crippen LogP contribution in [0.15, 0.2) is 46.9 Å². The van der Waals surface area contributed by atoms with Crippen molar-refractivity contribution in [3.63, 3.8) is 0 Å². The molecule has 1 unspecified atom stereocenters. The second-order valence-corrected chi connectivity index (χ2v) is 5.51. The van der Waals surface area contributed by atoms with Crippen LogP contribution in [0.1, 0.15) is 25.0 Å². The van der Waals surface area contributed by atoms with Crippen LogP contribution in [0.4, 0.5) is 10.8 Å². The van der Waals surface area contributed by atoms with Crippen LogP contribution >= 0.6 is 11.3 Å². The first-order valence-electron chi connectivity index (χ1n) is 6.99. The zero-order valence-electron chi connectivity index (χ0n) is 11.8. The van der Waals surface area contributed by atoms with Gasteiger partial charge in [0.05, 0.1) is 18.0 Å². The molecule has 0 spiro atoms. The third kappa shape index (κ3) is 3.31. The van der Waals surface area contributed by atoms with Crippen LogP contribution in [-0.4, -0.2) is 17.8 Å². The second-order valence-electron chi connectivity index (χ2n) is 4.66. The zero-order valence-corrected chi connectivity index (χ0v) is 12.6. The largest absolute Gasteiger partial charge is 0.492 e. The summed E-state index contributed by atoms with van der Waals surface area (Å²) in [7, 11) is 0. The Morgan fingerprint density at radius 3 is 3.10 bits per heavy atom. The number of ether oxygens (including phenoxy) is 1. The number of nitrogens with one attached hydrogen (secondary N) is 1. The molecule has 1 N–H and O–H groups in total. The molecule has 21 heavy (non-hydrogen) atoms. The van der Waals surface area contributed by atoms with Crippen LogP contribution in [0.25, 0.3) is 0 Å². The van der Waals surface area contributed by atoms with Crippen LogP contribution in [0.5, 0.6) is 5.75 Å². The lowest BCUT2D eigenvalue weighted by atomic mass is 10.0. The Morgan fingerprint density at radius 1 is 1.38 bits per heavy atom. The van der Waals surface area contributed by atoms with Gasteiger partial charge in [-0.3, -0.25) is 4.99 Å². The van der Waals surface area contributed by atoms with Crippen molar-refractivity contribution >= 4 is 28.4 Å². The van der Waals surface area contributed by atoms with Gasteiger partial charge in [-0.1, -0.05) is 18.2 Å². The Hall–Kier alpha value is -2.14. The standard InChI is InChI=1S/C16H17N3OS/c1-2-20-15-8-4-3-7-13(15)18-16-19-14(11-21-16)12-6-5-9-17-10-12/h3-5,7-12H,2,6H2,1H3,(H,18,19). The summed E-state index contributed by atoms with van der Waals surface area (Å²) < 4.78 is 5.62. The molecule has 1 aromatic carbocycles. The van der Waals surface area contributed by atoms with E-state index < -0.39 is 0 Å². The molecule has 0 saturated carbocycles. The minimum absolute atomic E-state index is 0.281. The van der Waals surface area contributed by atoms with Crippen molar-refractivity contribution in [3.8, 4) is 5.75 Å². The Kier molecular flexibility index (Phi) is 4.31. The number of para-hydroxylation sites is 2. The Labute approximate surface area is 128 Å². The van der Waals surface area contributed by atoms with Gasteiger partial charge < -0.3 is 10.1 Å². The topological polar surface area (TPSA) is 46.5 Å². The van der Waals surface area contributed by atoms with E-state index in [2.05, 4.69) is 26.7 Å². The number of nitrogens with zero attached hydrogens (tertiary/aromatic N) is 2. The number of benzene rings is 1. The highest BCUT2D eigenvalue weighted by Gasteiger charge is 2.14. The molecule has 2 aromatic rings. The van der Waals surface area contributed by atoms with Gasteiger partial charge >= 0.3 is 0 Å². The molecule has 2 heterocycles. The lowest BCUT2D eigenvalue weighted by molar-refractivity contribution is 0.342. The quantitative estimate of drug-likeness (QED) is 0.892. The fourth-order valence-electron chi connectivity index (χ4n) is 2.16. The van der Waals surface area contributed by atoms with E-state index in [0.717, 1.165) is 28.7 Å². The van der Waals surface area contributed by atoms with E-state index in [4.69, 9.17) is 4.74 Å². The highest BCUT2D eigenvalue weighted by atomic mass is 32.1. The fourth-order valence-corrected chi connectivity index (χ4v) is 2.95. The van der Waals surface area contributed by atoms with Crippen molar-refractivity contribution in [3.05, 3.63) is 47.6 Å².